The van der Waals surface area contributed by atoms with E-state index in [1.165, 1.54) is 0 Å². The Morgan fingerprint density at radius 2 is 1.84 bits per heavy atom. The van der Waals surface area contributed by atoms with Gasteiger partial charge in [0.25, 0.3) is 0 Å². The first-order valence-electron chi connectivity index (χ1n) is 7.67. The molecule has 0 saturated carbocycles. The molecule has 2 aromatic carbocycles. The molecule has 0 spiro atoms. The molecule has 0 aliphatic carbocycles. The number of fused-ring (bicyclic) bond motifs is 1. The van der Waals surface area contributed by atoms with Crippen LogP contribution in [0, 0.1) is 6.92 Å². The summed E-state index contributed by atoms with van der Waals surface area (Å²) in [5.41, 5.74) is 2.82. The molecule has 0 saturated heterocycles. The zero-order valence-corrected chi connectivity index (χ0v) is 16.6. The highest BCUT2D eigenvalue weighted by atomic mass is 79.9. The minimum Gasteiger partial charge on any atom is -0.481 e. The van der Waals surface area contributed by atoms with Crippen molar-refractivity contribution in [2.75, 3.05) is 0 Å². The molecule has 25 heavy (non-hydrogen) atoms. The summed E-state index contributed by atoms with van der Waals surface area (Å²) in [6.45, 7) is 1.96. The topological polar surface area (TPSA) is 59.4 Å². The Labute approximate surface area is 162 Å². The molecule has 0 bridgehead atoms. The maximum absolute atomic E-state index is 10.7. The molecule has 0 atom stereocenters. The van der Waals surface area contributed by atoms with Gasteiger partial charge >= 0.3 is 5.97 Å². The zero-order chi connectivity index (χ0) is 18.0. The van der Waals surface area contributed by atoms with Crippen molar-refractivity contribution >= 4 is 48.7 Å². The first-order chi connectivity index (χ1) is 11.9. The van der Waals surface area contributed by atoms with Crippen molar-refractivity contribution in [3.63, 3.8) is 0 Å². The standard InChI is InChI=1S/C19H15Br2NO3/c1-11-2-4-13-10-14(5-6-17(13)22-11)25-19-15(20)8-12(9-16(19)21)3-7-18(23)24/h2,4-6,8-10H,3,7H2,1H3,(H,23,24). The van der Waals surface area contributed by atoms with Crippen LogP contribution in [0.1, 0.15) is 17.7 Å². The van der Waals surface area contributed by atoms with Gasteiger partial charge in [-0.1, -0.05) is 6.07 Å². The second kappa shape index (κ2) is 7.54. The van der Waals surface area contributed by atoms with E-state index in [2.05, 4.69) is 36.8 Å². The van der Waals surface area contributed by atoms with Gasteiger partial charge in [0.1, 0.15) is 5.75 Å². The fourth-order valence-corrected chi connectivity index (χ4v) is 3.94. The minimum absolute atomic E-state index is 0.0934. The van der Waals surface area contributed by atoms with Crippen LogP contribution in [-0.2, 0) is 11.2 Å². The molecule has 4 nitrogen and oxygen atoms in total. The van der Waals surface area contributed by atoms with Crippen LogP contribution in [0.3, 0.4) is 0 Å². The maximum Gasteiger partial charge on any atom is 0.303 e. The van der Waals surface area contributed by atoms with Crippen LogP contribution in [-0.4, -0.2) is 16.1 Å². The smallest absolute Gasteiger partial charge is 0.303 e. The number of halogens is 2. The number of aliphatic carboxylic acids is 1. The van der Waals surface area contributed by atoms with Gasteiger partial charge in [-0.25, -0.2) is 0 Å². The number of carboxylic acid groups (broad SMARTS) is 1. The lowest BCUT2D eigenvalue weighted by Gasteiger charge is -2.12. The number of hydrogen-bond acceptors (Lipinski definition) is 3. The van der Waals surface area contributed by atoms with Crippen molar-refractivity contribution in [3.05, 3.63) is 62.7 Å². The summed E-state index contributed by atoms with van der Waals surface area (Å²) in [6.07, 6.45) is 0.560. The Kier molecular flexibility index (Phi) is 5.39. The number of aryl methyl sites for hydroxylation is 2. The fraction of sp³-hybridized carbons (Fsp3) is 0.158. The first kappa shape index (κ1) is 17.9. The molecule has 0 aliphatic heterocycles. The highest BCUT2D eigenvalue weighted by molar-refractivity contribution is 9.11. The summed E-state index contributed by atoms with van der Waals surface area (Å²) in [6, 6.07) is 13.5. The van der Waals surface area contributed by atoms with Crippen LogP contribution >= 0.6 is 31.9 Å². The second-order valence-corrected chi connectivity index (χ2v) is 7.40. The number of nitrogens with zero attached hydrogens (tertiary/aromatic N) is 1. The zero-order valence-electron chi connectivity index (χ0n) is 13.4. The van der Waals surface area contributed by atoms with Crippen LogP contribution < -0.4 is 4.74 Å². The molecule has 6 heteroatoms. The van der Waals surface area contributed by atoms with Crippen LogP contribution in [0.4, 0.5) is 0 Å². The van der Waals surface area contributed by atoms with Gasteiger partial charge in [0.15, 0.2) is 5.75 Å². The summed E-state index contributed by atoms with van der Waals surface area (Å²) in [5.74, 6) is 0.545. The van der Waals surface area contributed by atoms with E-state index in [1.807, 2.05) is 49.4 Å². The van der Waals surface area contributed by atoms with Crippen molar-refractivity contribution in [3.8, 4) is 11.5 Å². The molecule has 3 aromatic rings. The molecule has 0 unspecified atom stereocenters. The Hall–Kier alpha value is -1.92. The van der Waals surface area contributed by atoms with Crippen molar-refractivity contribution in [1.29, 1.82) is 0 Å². The number of rotatable bonds is 5. The third-order valence-corrected chi connectivity index (χ3v) is 4.88. The molecule has 1 N–H and O–H groups in total. The van der Waals surface area contributed by atoms with Gasteiger partial charge in [0, 0.05) is 17.5 Å². The van der Waals surface area contributed by atoms with Gasteiger partial charge in [-0.2, -0.15) is 0 Å². The van der Waals surface area contributed by atoms with E-state index in [1.54, 1.807) is 0 Å². The summed E-state index contributed by atoms with van der Waals surface area (Å²) >= 11 is 7.01. The second-order valence-electron chi connectivity index (χ2n) is 5.69. The van der Waals surface area contributed by atoms with Gasteiger partial charge in [-0.05, 0) is 87.2 Å². The predicted molar refractivity (Wildman–Crippen MR) is 104 cm³/mol. The van der Waals surface area contributed by atoms with Crippen molar-refractivity contribution < 1.29 is 14.6 Å². The molecule has 0 amide bonds. The highest BCUT2D eigenvalue weighted by Crippen LogP contribution is 2.38. The lowest BCUT2D eigenvalue weighted by molar-refractivity contribution is -0.136. The quantitative estimate of drug-likeness (QED) is 0.512. The molecule has 3 rings (SSSR count). The Morgan fingerprint density at radius 1 is 1.12 bits per heavy atom. The molecule has 128 valence electrons. The molecular formula is C19H15Br2NO3. The van der Waals surface area contributed by atoms with E-state index in [0.717, 1.165) is 31.1 Å². The Morgan fingerprint density at radius 3 is 2.52 bits per heavy atom. The number of hydrogen-bond donors (Lipinski definition) is 1. The number of carbonyl (C=O) groups is 1. The Balaban J connectivity index is 1.87. The minimum atomic E-state index is -0.812. The van der Waals surface area contributed by atoms with Crippen LogP contribution in [0.5, 0.6) is 11.5 Å². The number of aromatic nitrogens is 1. The van der Waals surface area contributed by atoms with Gasteiger partial charge in [-0.3, -0.25) is 9.78 Å². The largest absolute Gasteiger partial charge is 0.481 e. The van der Waals surface area contributed by atoms with Gasteiger partial charge < -0.3 is 9.84 Å². The average Bonchev–Trinajstić information content (AvgIpc) is 2.56. The number of pyridine rings is 1. The van der Waals surface area contributed by atoms with E-state index < -0.39 is 5.97 Å². The molecule has 1 aromatic heterocycles. The predicted octanol–water partition coefficient (Wildman–Crippen LogP) is 5.88. The van der Waals surface area contributed by atoms with E-state index >= 15 is 0 Å². The number of ether oxygens (including phenoxy) is 1. The molecule has 0 aliphatic rings. The highest BCUT2D eigenvalue weighted by Gasteiger charge is 2.12. The number of benzene rings is 2. The van der Waals surface area contributed by atoms with E-state index in [-0.39, 0.29) is 6.42 Å². The van der Waals surface area contributed by atoms with Gasteiger partial charge in [-0.15, -0.1) is 0 Å². The van der Waals surface area contributed by atoms with E-state index in [9.17, 15) is 4.79 Å². The summed E-state index contributed by atoms with van der Waals surface area (Å²) in [4.78, 5) is 15.2. The summed E-state index contributed by atoms with van der Waals surface area (Å²) in [5, 5.41) is 9.82. The fourth-order valence-electron chi connectivity index (χ4n) is 2.49. The Bertz CT molecular complexity index is 934. The first-order valence-corrected chi connectivity index (χ1v) is 9.26. The summed E-state index contributed by atoms with van der Waals surface area (Å²) in [7, 11) is 0. The molecule has 0 fully saturated rings. The molecule has 0 radical (unpaired) electrons. The SMILES string of the molecule is Cc1ccc2cc(Oc3c(Br)cc(CCC(=O)O)cc3Br)ccc2n1. The average molecular weight is 465 g/mol. The van der Waals surface area contributed by atoms with Crippen molar-refractivity contribution in [2.45, 2.75) is 19.8 Å². The van der Waals surface area contributed by atoms with Crippen LogP contribution in [0.25, 0.3) is 10.9 Å². The molecule has 1 heterocycles. The van der Waals surface area contributed by atoms with Crippen molar-refractivity contribution in [1.82, 2.24) is 4.98 Å². The van der Waals surface area contributed by atoms with Crippen LogP contribution in [0.15, 0.2) is 51.4 Å². The third kappa shape index (κ3) is 4.38. The summed E-state index contributed by atoms with van der Waals surface area (Å²) < 4.78 is 7.56. The molecular weight excluding hydrogens is 450 g/mol. The monoisotopic (exact) mass is 463 g/mol. The van der Waals surface area contributed by atoms with Gasteiger partial charge in [0.05, 0.1) is 14.5 Å². The van der Waals surface area contributed by atoms with Gasteiger partial charge in [0.2, 0.25) is 0 Å². The van der Waals surface area contributed by atoms with Crippen molar-refractivity contribution in [2.24, 2.45) is 0 Å². The third-order valence-electron chi connectivity index (χ3n) is 3.71. The van der Waals surface area contributed by atoms with Crippen LogP contribution in [0.2, 0.25) is 0 Å². The number of carboxylic acids is 1. The van der Waals surface area contributed by atoms with E-state index in [0.29, 0.717) is 17.9 Å². The normalized spacial score (nSPS) is 10.8. The maximum atomic E-state index is 10.7. The van der Waals surface area contributed by atoms with E-state index in [4.69, 9.17) is 9.84 Å². The lowest BCUT2D eigenvalue weighted by atomic mass is 10.1. The lowest BCUT2D eigenvalue weighted by Crippen LogP contribution is -1.98.